The van der Waals surface area contributed by atoms with Crippen LogP contribution in [-0.4, -0.2) is 49.4 Å². The molecule has 2 heterocycles. The van der Waals surface area contributed by atoms with Crippen molar-refractivity contribution in [3.63, 3.8) is 0 Å². The van der Waals surface area contributed by atoms with Crippen molar-refractivity contribution in [1.82, 2.24) is 9.88 Å². The van der Waals surface area contributed by atoms with Crippen LogP contribution >= 0.6 is 34.4 Å². The van der Waals surface area contributed by atoms with Gasteiger partial charge in [0.2, 0.25) is 0 Å². The molecule has 1 aliphatic heterocycles. The van der Waals surface area contributed by atoms with Gasteiger partial charge in [-0.05, 0) is 66.6 Å². The van der Waals surface area contributed by atoms with E-state index < -0.39 is 0 Å². The number of rotatable bonds is 6. The number of hydrogen-bond donors (Lipinski definition) is 1. The molecule has 3 rings (SSSR count). The molecule has 0 aliphatic carbocycles. The number of halogens is 1. The number of methoxy groups -OCH3 is 1. The first-order valence-electron chi connectivity index (χ1n) is 9.37. The van der Waals surface area contributed by atoms with E-state index in [9.17, 15) is 4.79 Å². The van der Waals surface area contributed by atoms with E-state index in [4.69, 9.17) is 9.47 Å². The molecule has 152 valence electrons. The molecule has 1 aromatic carbocycles. The molecule has 0 radical (unpaired) electrons. The van der Waals surface area contributed by atoms with Crippen molar-refractivity contribution < 1.29 is 9.47 Å². The highest BCUT2D eigenvalue weighted by atomic mass is 127. The molecule has 28 heavy (non-hydrogen) atoms. The summed E-state index contributed by atoms with van der Waals surface area (Å²) in [7, 11) is 1.72. The number of benzene rings is 1. The molecule has 1 aliphatic rings. The summed E-state index contributed by atoms with van der Waals surface area (Å²) in [5.74, 6) is 0. The van der Waals surface area contributed by atoms with E-state index in [1.807, 2.05) is 6.92 Å². The summed E-state index contributed by atoms with van der Waals surface area (Å²) >= 11 is 3.86. The van der Waals surface area contributed by atoms with Crippen molar-refractivity contribution >= 4 is 34.4 Å². The number of nitrogens with zero attached hydrogens (tertiary/aromatic N) is 1. The monoisotopic (exact) mass is 514 g/mol. The fraction of sp³-hybridized carbons (Fsp3) is 0.476. The molecule has 1 saturated heterocycles. The number of pyridine rings is 1. The van der Waals surface area contributed by atoms with Gasteiger partial charge in [0.1, 0.15) is 0 Å². The van der Waals surface area contributed by atoms with Crippen LogP contribution < -0.4 is 5.56 Å². The number of ether oxygens (including phenoxy) is 2. The van der Waals surface area contributed by atoms with Crippen LogP contribution in [0.5, 0.6) is 0 Å². The van der Waals surface area contributed by atoms with Crippen LogP contribution in [0.1, 0.15) is 22.4 Å². The standard InChI is InChI=1S/C21H27IN2O3S/c1-13-7-14(2)9-17(8-13)28-20-18(15(3)23-21(25)19(20)22)10-24-5-6-27-12-16(24)11-26-4/h7-9,16H,5-6,10-12H2,1-4H3,(H,23,25). The Labute approximate surface area is 184 Å². The SMILES string of the molecule is COCC1COCCN1Cc1c(C)[nH]c(=O)c(I)c1Sc1cc(C)cc(C)c1. The van der Waals surface area contributed by atoms with Crippen molar-refractivity contribution in [2.45, 2.75) is 43.1 Å². The van der Waals surface area contributed by atoms with Gasteiger partial charge in [-0.3, -0.25) is 9.69 Å². The van der Waals surface area contributed by atoms with Crippen LogP contribution in [0, 0.1) is 24.3 Å². The average molecular weight is 514 g/mol. The van der Waals surface area contributed by atoms with Gasteiger partial charge < -0.3 is 14.5 Å². The molecule has 2 aromatic rings. The summed E-state index contributed by atoms with van der Waals surface area (Å²) in [6.45, 7) is 9.86. The fourth-order valence-corrected chi connectivity index (χ4v) is 5.60. The Morgan fingerprint density at radius 1 is 1.29 bits per heavy atom. The average Bonchev–Trinajstić information content (AvgIpc) is 2.63. The summed E-state index contributed by atoms with van der Waals surface area (Å²) in [5, 5.41) is 0. The van der Waals surface area contributed by atoms with Gasteiger partial charge >= 0.3 is 0 Å². The van der Waals surface area contributed by atoms with E-state index in [2.05, 4.69) is 64.5 Å². The minimum atomic E-state index is -0.0239. The minimum absolute atomic E-state index is 0.0239. The van der Waals surface area contributed by atoms with Crippen LogP contribution in [0.3, 0.4) is 0 Å². The predicted octanol–water partition coefficient (Wildman–Crippen LogP) is 3.90. The summed E-state index contributed by atoms with van der Waals surface area (Å²) in [6.07, 6.45) is 0. The van der Waals surface area contributed by atoms with Crippen LogP contribution in [0.4, 0.5) is 0 Å². The molecule has 5 nitrogen and oxygen atoms in total. The lowest BCUT2D eigenvalue weighted by molar-refractivity contribution is -0.0391. The maximum absolute atomic E-state index is 12.5. The highest BCUT2D eigenvalue weighted by Crippen LogP contribution is 2.35. The van der Waals surface area contributed by atoms with Gasteiger partial charge in [0.05, 0.1) is 29.4 Å². The van der Waals surface area contributed by atoms with Gasteiger partial charge in [0.25, 0.3) is 5.56 Å². The number of aromatic amines is 1. The summed E-state index contributed by atoms with van der Waals surface area (Å²) < 4.78 is 11.8. The van der Waals surface area contributed by atoms with Gasteiger partial charge in [-0.25, -0.2) is 0 Å². The summed E-state index contributed by atoms with van der Waals surface area (Å²) in [4.78, 5) is 20.1. The Kier molecular flexibility index (Phi) is 7.60. The Morgan fingerprint density at radius 3 is 2.68 bits per heavy atom. The zero-order chi connectivity index (χ0) is 20.3. The van der Waals surface area contributed by atoms with Gasteiger partial charge in [-0.2, -0.15) is 0 Å². The molecule has 1 aromatic heterocycles. The van der Waals surface area contributed by atoms with E-state index in [1.54, 1.807) is 18.9 Å². The largest absolute Gasteiger partial charge is 0.383 e. The number of nitrogens with one attached hydrogen (secondary N) is 1. The maximum Gasteiger partial charge on any atom is 0.262 e. The van der Waals surface area contributed by atoms with Crippen molar-refractivity contribution in [2.75, 3.05) is 33.5 Å². The van der Waals surface area contributed by atoms with Gasteiger partial charge in [-0.15, -0.1) is 0 Å². The molecular formula is C21H27IN2O3S. The number of aromatic nitrogens is 1. The molecular weight excluding hydrogens is 487 g/mol. The minimum Gasteiger partial charge on any atom is -0.383 e. The molecule has 0 amide bonds. The fourth-order valence-electron chi connectivity index (χ4n) is 3.56. The van der Waals surface area contributed by atoms with Crippen LogP contribution in [0.15, 0.2) is 32.8 Å². The summed E-state index contributed by atoms with van der Waals surface area (Å²) in [6, 6.07) is 6.75. The molecule has 0 bridgehead atoms. The van der Waals surface area contributed by atoms with E-state index in [0.29, 0.717) is 13.2 Å². The lowest BCUT2D eigenvalue weighted by Crippen LogP contribution is -2.47. The smallest absolute Gasteiger partial charge is 0.262 e. The number of hydrogen-bond acceptors (Lipinski definition) is 5. The second-order valence-electron chi connectivity index (χ2n) is 7.28. The molecule has 0 saturated carbocycles. The van der Waals surface area contributed by atoms with E-state index >= 15 is 0 Å². The Morgan fingerprint density at radius 2 is 2.00 bits per heavy atom. The Balaban J connectivity index is 1.98. The third-order valence-corrected chi connectivity index (χ3v) is 7.43. The zero-order valence-corrected chi connectivity index (χ0v) is 19.8. The highest BCUT2D eigenvalue weighted by molar-refractivity contribution is 14.1. The zero-order valence-electron chi connectivity index (χ0n) is 16.8. The molecule has 1 atom stereocenters. The third-order valence-electron chi connectivity index (χ3n) is 4.91. The van der Waals surface area contributed by atoms with Crippen LogP contribution in [0.2, 0.25) is 0 Å². The first kappa shape index (κ1) is 21.8. The van der Waals surface area contributed by atoms with Crippen LogP contribution in [-0.2, 0) is 16.0 Å². The van der Waals surface area contributed by atoms with Gasteiger partial charge in [0, 0.05) is 41.2 Å². The Bertz CT molecular complexity index is 878. The molecule has 0 spiro atoms. The lowest BCUT2D eigenvalue weighted by Gasteiger charge is -2.35. The lowest BCUT2D eigenvalue weighted by atomic mass is 10.1. The number of aryl methyl sites for hydroxylation is 3. The van der Waals surface area contributed by atoms with Crippen molar-refractivity contribution in [3.05, 3.63) is 54.5 Å². The maximum atomic E-state index is 12.5. The first-order valence-corrected chi connectivity index (χ1v) is 11.3. The third kappa shape index (κ3) is 5.18. The molecule has 7 heteroatoms. The summed E-state index contributed by atoms with van der Waals surface area (Å²) in [5.41, 5.74) is 4.54. The topological polar surface area (TPSA) is 54.6 Å². The Hall–Kier alpha value is -0.870. The second-order valence-corrected chi connectivity index (χ2v) is 9.44. The van der Waals surface area contributed by atoms with Crippen molar-refractivity contribution in [3.8, 4) is 0 Å². The van der Waals surface area contributed by atoms with E-state index in [-0.39, 0.29) is 11.6 Å². The first-order chi connectivity index (χ1) is 13.4. The highest BCUT2D eigenvalue weighted by Gasteiger charge is 2.26. The van der Waals surface area contributed by atoms with Gasteiger partial charge in [0.15, 0.2) is 0 Å². The normalized spacial score (nSPS) is 17.8. The van der Waals surface area contributed by atoms with Crippen molar-refractivity contribution in [2.24, 2.45) is 0 Å². The van der Waals surface area contributed by atoms with Crippen molar-refractivity contribution in [1.29, 1.82) is 0 Å². The number of morpholine rings is 1. The number of H-pyrrole nitrogens is 1. The second kappa shape index (κ2) is 9.75. The molecule has 1 fully saturated rings. The quantitative estimate of drug-likeness (QED) is 0.593. The predicted molar refractivity (Wildman–Crippen MR) is 121 cm³/mol. The van der Waals surface area contributed by atoms with E-state index in [0.717, 1.165) is 38.8 Å². The van der Waals surface area contributed by atoms with Crippen LogP contribution in [0.25, 0.3) is 0 Å². The van der Waals surface area contributed by atoms with E-state index in [1.165, 1.54) is 16.7 Å². The molecule has 1 N–H and O–H groups in total. The van der Waals surface area contributed by atoms with Gasteiger partial charge in [-0.1, -0.05) is 17.8 Å². The molecule has 1 unspecified atom stereocenters.